The molecule has 1 atom stereocenters. The van der Waals surface area contributed by atoms with Gasteiger partial charge in [-0.2, -0.15) is 0 Å². The van der Waals surface area contributed by atoms with E-state index in [2.05, 4.69) is 0 Å². The first kappa shape index (κ1) is 14.2. The Labute approximate surface area is 116 Å². The molecule has 0 aliphatic carbocycles. The van der Waals surface area contributed by atoms with Crippen molar-refractivity contribution in [3.63, 3.8) is 0 Å². The van der Waals surface area contributed by atoms with E-state index in [1.807, 2.05) is 6.92 Å². The van der Waals surface area contributed by atoms with Crippen LogP contribution in [0.3, 0.4) is 0 Å². The van der Waals surface area contributed by atoms with Crippen molar-refractivity contribution < 1.29 is 19.1 Å². The van der Waals surface area contributed by atoms with Crippen LogP contribution in [0.1, 0.15) is 35.7 Å². The highest BCUT2D eigenvalue weighted by Crippen LogP contribution is 2.21. The molecule has 1 aliphatic heterocycles. The van der Waals surface area contributed by atoms with E-state index in [4.69, 9.17) is 5.11 Å². The summed E-state index contributed by atoms with van der Waals surface area (Å²) in [4.78, 5) is 24.3. The van der Waals surface area contributed by atoms with Crippen molar-refractivity contribution in [2.24, 2.45) is 0 Å². The maximum atomic E-state index is 14.0. The molecule has 106 valence electrons. The molecule has 0 saturated carbocycles. The fraction of sp³-hybridized carbons (Fsp3) is 0.333. The second-order valence-electron chi connectivity index (χ2n) is 4.90. The molecule has 1 fully saturated rings. The van der Waals surface area contributed by atoms with Crippen LogP contribution < -0.4 is 0 Å². The molecule has 1 heterocycles. The standard InChI is InChI=1S/C15H16FNO3/c1-10-3-2-8-17(10)15(20)12-6-4-11(9-13(12)16)5-7-14(18)19/h4-7,9-10H,2-3,8H2,1H3,(H,18,19). The molecule has 1 aromatic carbocycles. The van der Waals surface area contributed by atoms with Gasteiger partial charge in [0.2, 0.25) is 0 Å². The van der Waals surface area contributed by atoms with Gasteiger partial charge in [0.25, 0.3) is 5.91 Å². The highest BCUT2D eigenvalue weighted by molar-refractivity contribution is 5.95. The van der Waals surface area contributed by atoms with Crippen LogP contribution >= 0.6 is 0 Å². The van der Waals surface area contributed by atoms with E-state index in [0.717, 1.165) is 18.9 Å². The van der Waals surface area contributed by atoms with E-state index in [1.54, 1.807) is 4.90 Å². The van der Waals surface area contributed by atoms with E-state index in [1.165, 1.54) is 24.3 Å². The zero-order chi connectivity index (χ0) is 14.7. The lowest BCUT2D eigenvalue weighted by molar-refractivity contribution is -0.131. The Morgan fingerprint density at radius 2 is 2.20 bits per heavy atom. The van der Waals surface area contributed by atoms with E-state index in [9.17, 15) is 14.0 Å². The molecule has 1 amide bonds. The normalized spacial score (nSPS) is 18.7. The minimum Gasteiger partial charge on any atom is -0.478 e. The first-order valence-electron chi connectivity index (χ1n) is 6.50. The lowest BCUT2D eigenvalue weighted by Crippen LogP contribution is -2.34. The molecule has 4 nitrogen and oxygen atoms in total. The van der Waals surface area contributed by atoms with Crippen molar-refractivity contribution >= 4 is 18.0 Å². The number of benzene rings is 1. The quantitative estimate of drug-likeness (QED) is 0.864. The van der Waals surface area contributed by atoms with E-state index < -0.39 is 11.8 Å². The lowest BCUT2D eigenvalue weighted by atomic mass is 10.1. The molecule has 1 N–H and O–H groups in total. The third-order valence-corrected chi connectivity index (χ3v) is 3.46. The number of carboxylic acids is 1. The van der Waals surface area contributed by atoms with Crippen LogP contribution in [0.25, 0.3) is 6.08 Å². The summed E-state index contributed by atoms with van der Waals surface area (Å²) in [6.45, 7) is 2.60. The maximum absolute atomic E-state index is 14.0. The number of carboxylic acid groups (broad SMARTS) is 1. The summed E-state index contributed by atoms with van der Waals surface area (Å²) in [6.07, 6.45) is 4.09. The van der Waals surface area contributed by atoms with Crippen molar-refractivity contribution in [2.45, 2.75) is 25.8 Å². The second-order valence-corrected chi connectivity index (χ2v) is 4.90. The number of carbonyl (C=O) groups is 2. The zero-order valence-electron chi connectivity index (χ0n) is 11.2. The summed E-state index contributed by atoms with van der Waals surface area (Å²) in [6, 6.07) is 4.25. The molecule has 0 radical (unpaired) electrons. The van der Waals surface area contributed by atoms with Gasteiger partial charge >= 0.3 is 5.97 Å². The Morgan fingerprint density at radius 3 is 2.75 bits per heavy atom. The molecule has 5 heteroatoms. The van der Waals surface area contributed by atoms with Crippen molar-refractivity contribution in [1.82, 2.24) is 4.90 Å². The first-order valence-corrected chi connectivity index (χ1v) is 6.50. The number of nitrogens with zero attached hydrogens (tertiary/aromatic N) is 1. The van der Waals surface area contributed by atoms with E-state index in [-0.39, 0.29) is 17.5 Å². The Kier molecular flexibility index (Phi) is 4.17. The smallest absolute Gasteiger partial charge is 0.328 e. The summed E-state index contributed by atoms with van der Waals surface area (Å²) in [5.74, 6) is -2.03. The fourth-order valence-corrected chi connectivity index (χ4v) is 2.37. The third-order valence-electron chi connectivity index (χ3n) is 3.46. The Balaban J connectivity index is 2.21. The van der Waals surface area contributed by atoms with Crippen LogP contribution in [0.4, 0.5) is 4.39 Å². The van der Waals surface area contributed by atoms with E-state index in [0.29, 0.717) is 12.1 Å². The van der Waals surface area contributed by atoms with Gasteiger partial charge in [0.05, 0.1) is 5.56 Å². The molecule has 2 rings (SSSR count). The number of hydrogen-bond acceptors (Lipinski definition) is 2. The van der Waals surface area contributed by atoms with Crippen LogP contribution in [0, 0.1) is 5.82 Å². The van der Waals surface area contributed by atoms with Crippen molar-refractivity contribution in [3.8, 4) is 0 Å². The topological polar surface area (TPSA) is 57.6 Å². The number of hydrogen-bond donors (Lipinski definition) is 1. The average Bonchev–Trinajstić information content (AvgIpc) is 2.82. The summed E-state index contributed by atoms with van der Waals surface area (Å²) in [7, 11) is 0. The Bertz CT molecular complexity index is 568. The molecule has 20 heavy (non-hydrogen) atoms. The van der Waals surface area contributed by atoms with Gasteiger partial charge in [0, 0.05) is 18.7 Å². The molecule has 0 bridgehead atoms. The molecule has 1 unspecified atom stereocenters. The van der Waals surface area contributed by atoms with Crippen molar-refractivity contribution in [1.29, 1.82) is 0 Å². The molecule has 0 spiro atoms. The van der Waals surface area contributed by atoms with Gasteiger partial charge in [-0.25, -0.2) is 9.18 Å². The summed E-state index contributed by atoms with van der Waals surface area (Å²) in [5.41, 5.74) is 0.446. The van der Waals surface area contributed by atoms with Gasteiger partial charge in [-0.05, 0) is 43.5 Å². The predicted octanol–water partition coefficient (Wildman–Crippen LogP) is 2.55. The highest BCUT2D eigenvalue weighted by atomic mass is 19.1. The van der Waals surface area contributed by atoms with Crippen LogP contribution in [0.15, 0.2) is 24.3 Å². The minimum absolute atomic E-state index is 0.0335. The van der Waals surface area contributed by atoms with Crippen molar-refractivity contribution in [3.05, 3.63) is 41.2 Å². The largest absolute Gasteiger partial charge is 0.478 e. The number of carbonyl (C=O) groups excluding carboxylic acids is 1. The molecule has 1 saturated heterocycles. The summed E-state index contributed by atoms with van der Waals surface area (Å²) >= 11 is 0. The Morgan fingerprint density at radius 1 is 1.45 bits per heavy atom. The predicted molar refractivity (Wildman–Crippen MR) is 72.8 cm³/mol. The van der Waals surface area contributed by atoms with Crippen LogP contribution in [0.5, 0.6) is 0 Å². The van der Waals surface area contributed by atoms with Crippen LogP contribution in [-0.2, 0) is 4.79 Å². The fourth-order valence-electron chi connectivity index (χ4n) is 2.37. The van der Waals surface area contributed by atoms with Gasteiger partial charge in [-0.3, -0.25) is 4.79 Å². The molecule has 1 aromatic rings. The van der Waals surface area contributed by atoms with Gasteiger partial charge in [-0.1, -0.05) is 6.07 Å². The lowest BCUT2D eigenvalue weighted by Gasteiger charge is -2.21. The number of aliphatic carboxylic acids is 1. The second kappa shape index (κ2) is 5.86. The molecule has 0 aromatic heterocycles. The third kappa shape index (κ3) is 3.04. The van der Waals surface area contributed by atoms with Gasteiger partial charge in [-0.15, -0.1) is 0 Å². The monoisotopic (exact) mass is 277 g/mol. The summed E-state index contributed by atoms with van der Waals surface area (Å²) < 4.78 is 14.0. The van der Waals surface area contributed by atoms with Gasteiger partial charge < -0.3 is 10.0 Å². The highest BCUT2D eigenvalue weighted by Gasteiger charge is 2.27. The van der Waals surface area contributed by atoms with E-state index >= 15 is 0 Å². The molecular weight excluding hydrogens is 261 g/mol. The number of likely N-dealkylation sites (tertiary alicyclic amines) is 1. The minimum atomic E-state index is -1.10. The van der Waals surface area contributed by atoms with Crippen molar-refractivity contribution in [2.75, 3.05) is 6.54 Å². The maximum Gasteiger partial charge on any atom is 0.328 e. The zero-order valence-corrected chi connectivity index (χ0v) is 11.2. The van der Waals surface area contributed by atoms with Crippen LogP contribution in [-0.4, -0.2) is 34.5 Å². The first-order chi connectivity index (χ1) is 9.49. The van der Waals surface area contributed by atoms with Gasteiger partial charge in [0.15, 0.2) is 0 Å². The SMILES string of the molecule is CC1CCCN1C(=O)c1ccc(C=CC(=O)O)cc1F. The summed E-state index contributed by atoms with van der Waals surface area (Å²) in [5, 5.41) is 8.52. The number of halogens is 1. The van der Waals surface area contributed by atoms with Crippen LogP contribution in [0.2, 0.25) is 0 Å². The number of amides is 1. The van der Waals surface area contributed by atoms with Gasteiger partial charge in [0.1, 0.15) is 5.82 Å². The Hall–Kier alpha value is -2.17. The number of rotatable bonds is 3. The molecular formula is C15H16FNO3. The molecule has 1 aliphatic rings. The average molecular weight is 277 g/mol.